The van der Waals surface area contributed by atoms with Gasteiger partial charge in [0.15, 0.2) is 5.76 Å². The molecule has 1 atom stereocenters. The Kier molecular flexibility index (Phi) is 4.70. The quantitative estimate of drug-likeness (QED) is 0.865. The van der Waals surface area contributed by atoms with Gasteiger partial charge in [-0.05, 0) is 31.0 Å². The molecule has 2 aromatic rings. The Morgan fingerprint density at radius 3 is 2.72 bits per heavy atom. The molecule has 1 saturated heterocycles. The highest BCUT2D eigenvalue weighted by molar-refractivity contribution is 7.89. The molecule has 0 bridgehead atoms. The summed E-state index contributed by atoms with van der Waals surface area (Å²) in [6, 6.07) is 3.91. The average Bonchev–Trinajstić information content (AvgIpc) is 3.21. The van der Waals surface area contributed by atoms with Gasteiger partial charge in [-0.2, -0.15) is 9.40 Å². The van der Waals surface area contributed by atoms with Gasteiger partial charge in [-0.3, -0.25) is 9.89 Å². The monoisotopic (exact) mass is 366 g/mol. The highest BCUT2D eigenvalue weighted by Crippen LogP contribution is 2.27. The Morgan fingerprint density at radius 2 is 2.08 bits per heavy atom. The number of aromatic nitrogens is 2. The number of carbonyl (C=O) groups is 1. The third-order valence-electron chi connectivity index (χ3n) is 4.19. The minimum Gasteiger partial charge on any atom is -0.442 e. The molecule has 1 fully saturated rings. The summed E-state index contributed by atoms with van der Waals surface area (Å²) in [5, 5.41) is 6.37. The largest absolute Gasteiger partial charge is 0.442 e. The van der Waals surface area contributed by atoms with E-state index < -0.39 is 16.1 Å². The number of sulfonamides is 1. The van der Waals surface area contributed by atoms with Gasteiger partial charge in [-0.15, -0.1) is 0 Å². The summed E-state index contributed by atoms with van der Waals surface area (Å²) in [6.07, 6.45) is 1.56. The fourth-order valence-corrected chi connectivity index (χ4v) is 4.47. The molecule has 1 amide bonds. The SMILES string of the molecule is CC(C)CN1CCN(S(=O)(=O)c2ccc(-c3ccn[nH]3)o2)[C@@H](C)C1=O. The highest BCUT2D eigenvalue weighted by atomic mass is 32.2. The lowest BCUT2D eigenvalue weighted by atomic mass is 10.1. The molecule has 9 heteroatoms. The van der Waals surface area contributed by atoms with E-state index in [4.69, 9.17) is 4.42 Å². The summed E-state index contributed by atoms with van der Waals surface area (Å²) in [6.45, 7) is 6.94. The predicted octanol–water partition coefficient (Wildman–Crippen LogP) is 1.55. The van der Waals surface area contributed by atoms with Gasteiger partial charge in [0.1, 0.15) is 11.7 Å². The number of H-pyrrole nitrogens is 1. The molecule has 1 N–H and O–H groups in total. The van der Waals surface area contributed by atoms with Crippen molar-refractivity contribution in [3.05, 3.63) is 24.4 Å². The fraction of sp³-hybridized carbons (Fsp3) is 0.500. The lowest BCUT2D eigenvalue weighted by Crippen LogP contribution is -2.57. The van der Waals surface area contributed by atoms with Crippen molar-refractivity contribution in [1.29, 1.82) is 0 Å². The number of amides is 1. The van der Waals surface area contributed by atoms with Crippen molar-refractivity contribution in [2.75, 3.05) is 19.6 Å². The Bertz CT molecular complexity index is 841. The molecule has 0 aliphatic carbocycles. The number of aromatic amines is 1. The van der Waals surface area contributed by atoms with Gasteiger partial charge < -0.3 is 9.32 Å². The van der Waals surface area contributed by atoms with Gasteiger partial charge in [-0.1, -0.05) is 13.8 Å². The maximum Gasteiger partial charge on any atom is 0.277 e. The maximum absolute atomic E-state index is 12.9. The second kappa shape index (κ2) is 6.64. The van der Waals surface area contributed by atoms with Gasteiger partial charge in [0.05, 0.1) is 0 Å². The van der Waals surface area contributed by atoms with Crippen molar-refractivity contribution >= 4 is 15.9 Å². The third-order valence-corrected chi connectivity index (χ3v) is 6.03. The zero-order chi connectivity index (χ0) is 18.2. The van der Waals surface area contributed by atoms with Crippen LogP contribution in [0.1, 0.15) is 20.8 Å². The van der Waals surface area contributed by atoms with Crippen molar-refractivity contribution in [1.82, 2.24) is 19.4 Å². The van der Waals surface area contributed by atoms with Crippen LogP contribution in [-0.2, 0) is 14.8 Å². The normalized spacial score (nSPS) is 19.8. The first kappa shape index (κ1) is 17.7. The number of nitrogens with zero attached hydrogens (tertiary/aromatic N) is 3. The molecule has 1 aliphatic heterocycles. The van der Waals surface area contributed by atoms with Crippen LogP contribution >= 0.6 is 0 Å². The molecule has 0 unspecified atom stereocenters. The zero-order valence-corrected chi connectivity index (χ0v) is 15.3. The molecule has 0 aromatic carbocycles. The zero-order valence-electron chi connectivity index (χ0n) is 14.5. The van der Waals surface area contributed by atoms with Crippen LogP contribution in [0.25, 0.3) is 11.5 Å². The molecule has 3 rings (SSSR count). The molecule has 136 valence electrons. The van der Waals surface area contributed by atoms with Crippen LogP contribution in [0.2, 0.25) is 0 Å². The molecule has 0 saturated carbocycles. The first-order valence-corrected chi connectivity index (χ1v) is 9.65. The van der Waals surface area contributed by atoms with E-state index in [2.05, 4.69) is 10.2 Å². The van der Waals surface area contributed by atoms with Crippen molar-refractivity contribution in [3.8, 4) is 11.5 Å². The molecule has 0 radical (unpaired) electrons. The van der Waals surface area contributed by atoms with Crippen LogP contribution in [0.4, 0.5) is 0 Å². The minimum atomic E-state index is -3.88. The van der Waals surface area contributed by atoms with Crippen molar-refractivity contribution in [2.24, 2.45) is 5.92 Å². The second-order valence-corrected chi connectivity index (χ2v) is 8.38. The number of carbonyl (C=O) groups excluding carboxylic acids is 1. The van der Waals surface area contributed by atoms with Crippen LogP contribution in [0.3, 0.4) is 0 Å². The molecule has 1 aliphatic rings. The highest BCUT2D eigenvalue weighted by Gasteiger charge is 2.40. The first-order chi connectivity index (χ1) is 11.8. The van der Waals surface area contributed by atoms with Gasteiger partial charge in [0.2, 0.25) is 11.0 Å². The van der Waals surface area contributed by atoms with Crippen molar-refractivity contribution in [3.63, 3.8) is 0 Å². The van der Waals surface area contributed by atoms with E-state index in [1.54, 1.807) is 30.2 Å². The topological polar surface area (TPSA) is 99.5 Å². The van der Waals surface area contributed by atoms with Gasteiger partial charge in [0, 0.05) is 25.8 Å². The average molecular weight is 366 g/mol. The third kappa shape index (κ3) is 3.34. The summed E-state index contributed by atoms with van der Waals surface area (Å²) in [4.78, 5) is 14.2. The smallest absolute Gasteiger partial charge is 0.277 e. The number of hydrogen-bond acceptors (Lipinski definition) is 5. The Balaban J connectivity index is 1.82. The van der Waals surface area contributed by atoms with E-state index in [1.165, 1.54) is 10.4 Å². The number of furan rings is 1. The van der Waals surface area contributed by atoms with E-state index in [0.29, 0.717) is 30.5 Å². The van der Waals surface area contributed by atoms with E-state index >= 15 is 0 Å². The summed E-state index contributed by atoms with van der Waals surface area (Å²) in [5.41, 5.74) is 0.590. The summed E-state index contributed by atoms with van der Waals surface area (Å²) in [7, 11) is -3.88. The van der Waals surface area contributed by atoms with Crippen LogP contribution < -0.4 is 0 Å². The predicted molar refractivity (Wildman–Crippen MR) is 91.1 cm³/mol. The lowest BCUT2D eigenvalue weighted by Gasteiger charge is -2.38. The van der Waals surface area contributed by atoms with Crippen LogP contribution in [0, 0.1) is 5.92 Å². The molecule has 8 nitrogen and oxygen atoms in total. The second-order valence-electron chi connectivity index (χ2n) is 6.56. The lowest BCUT2D eigenvalue weighted by molar-refractivity contribution is -0.138. The van der Waals surface area contributed by atoms with Crippen LogP contribution in [0.15, 0.2) is 33.9 Å². The number of rotatable bonds is 5. The van der Waals surface area contributed by atoms with E-state index in [9.17, 15) is 13.2 Å². The maximum atomic E-state index is 12.9. The Hall–Kier alpha value is -2.13. The Morgan fingerprint density at radius 1 is 1.32 bits per heavy atom. The molecular weight excluding hydrogens is 344 g/mol. The summed E-state index contributed by atoms with van der Waals surface area (Å²) in [5.74, 6) is 0.540. The van der Waals surface area contributed by atoms with Gasteiger partial charge >= 0.3 is 0 Å². The van der Waals surface area contributed by atoms with Gasteiger partial charge in [-0.25, -0.2) is 8.42 Å². The van der Waals surface area contributed by atoms with Crippen LogP contribution in [-0.4, -0.2) is 59.4 Å². The number of piperazine rings is 1. The molecular formula is C16H22N4O4S. The van der Waals surface area contributed by atoms with E-state index in [1.807, 2.05) is 13.8 Å². The minimum absolute atomic E-state index is 0.172. The fourth-order valence-electron chi connectivity index (χ4n) is 2.97. The number of hydrogen-bond donors (Lipinski definition) is 1. The van der Waals surface area contributed by atoms with Crippen molar-refractivity contribution < 1.29 is 17.6 Å². The Labute approximate surface area is 146 Å². The number of nitrogens with one attached hydrogen (secondary N) is 1. The molecule has 2 aromatic heterocycles. The van der Waals surface area contributed by atoms with E-state index in [0.717, 1.165) is 0 Å². The molecule has 3 heterocycles. The van der Waals surface area contributed by atoms with Gasteiger partial charge in [0.25, 0.3) is 10.0 Å². The molecule has 0 spiro atoms. The van der Waals surface area contributed by atoms with Crippen molar-refractivity contribution in [2.45, 2.75) is 31.9 Å². The molecule has 25 heavy (non-hydrogen) atoms. The standard InChI is InChI=1S/C16H22N4O4S/c1-11(2)10-19-8-9-20(12(3)16(19)21)25(22,23)15-5-4-14(24-15)13-6-7-17-18-13/h4-7,11-12H,8-10H2,1-3H3,(H,17,18)/t12-/m0/s1. The summed E-state index contributed by atoms with van der Waals surface area (Å²) < 4.78 is 32.5. The summed E-state index contributed by atoms with van der Waals surface area (Å²) >= 11 is 0. The van der Waals surface area contributed by atoms with Crippen LogP contribution in [0.5, 0.6) is 0 Å². The van der Waals surface area contributed by atoms with E-state index in [-0.39, 0.29) is 17.5 Å². The first-order valence-electron chi connectivity index (χ1n) is 8.21.